The lowest BCUT2D eigenvalue weighted by Gasteiger charge is -2.42. The van der Waals surface area contributed by atoms with E-state index in [1.165, 1.54) is 5.57 Å². The Balaban J connectivity index is 1.67. The van der Waals surface area contributed by atoms with Crippen LogP contribution >= 0.6 is 0 Å². The summed E-state index contributed by atoms with van der Waals surface area (Å²) in [6, 6.07) is 0. The molecule has 0 aromatic carbocycles. The molecule has 0 bridgehead atoms. The Bertz CT molecular complexity index is 479. The second-order valence-corrected chi connectivity index (χ2v) is 7.44. The minimum Gasteiger partial charge on any atom is -0.462 e. The molecular weight excluding hydrogens is 276 g/mol. The van der Waals surface area contributed by atoms with Crippen molar-refractivity contribution in [2.24, 2.45) is 23.7 Å². The predicted octanol–water partition coefficient (Wildman–Crippen LogP) is 3.63. The van der Waals surface area contributed by atoms with Gasteiger partial charge in [-0.15, -0.1) is 0 Å². The molecule has 122 valence electrons. The molecule has 3 nitrogen and oxygen atoms in total. The molecule has 3 rings (SSSR count). The molecule has 3 aliphatic rings. The van der Waals surface area contributed by atoms with Crippen LogP contribution < -0.4 is 0 Å². The van der Waals surface area contributed by atoms with Gasteiger partial charge in [-0.3, -0.25) is 4.79 Å². The number of ether oxygens (including phenoxy) is 1. The summed E-state index contributed by atoms with van der Waals surface area (Å²) in [4.78, 5) is 11.4. The number of fused-ring (bicyclic) bond motifs is 1. The van der Waals surface area contributed by atoms with Crippen molar-refractivity contribution >= 4 is 5.97 Å². The Morgan fingerprint density at radius 1 is 1.32 bits per heavy atom. The third-order valence-electron chi connectivity index (χ3n) is 5.65. The van der Waals surface area contributed by atoms with Crippen LogP contribution in [0.4, 0.5) is 0 Å². The Hall–Kier alpha value is -1.09. The van der Waals surface area contributed by atoms with E-state index in [1.54, 1.807) is 0 Å². The van der Waals surface area contributed by atoms with E-state index < -0.39 is 0 Å². The Morgan fingerprint density at radius 2 is 2.14 bits per heavy atom. The molecule has 3 heteroatoms. The van der Waals surface area contributed by atoms with E-state index in [1.807, 2.05) is 0 Å². The third kappa shape index (κ3) is 3.29. The molecule has 6 atom stereocenters. The van der Waals surface area contributed by atoms with Crippen LogP contribution in [0.25, 0.3) is 0 Å². The Kier molecular flexibility index (Phi) is 4.72. The first-order chi connectivity index (χ1) is 10.5. The lowest BCUT2D eigenvalue weighted by atomic mass is 9.65. The zero-order valence-corrected chi connectivity index (χ0v) is 13.7. The fraction of sp³-hybridized carbons (Fsp3) is 0.737. The highest BCUT2D eigenvalue weighted by Crippen LogP contribution is 2.43. The number of hydrogen-bond acceptors (Lipinski definition) is 3. The minimum absolute atomic E-state index is 0.0417. The van der Waals surface area contributed by atoms with Crippen molar-refractivity contribution in [2.75, 3.05) is 0 Å². The van der Waals surface area contributed by atoms with Crippen molar-refractivity contribution in [1.82, 2.24) is 0 Å². The first-order valence-electron chi connectivity index (χ1n) is 8.82. The summed E-state index contributed by atoms with van der Waals surface area (Å²) in [5, 5.41) is 10.6. The Morgan fingerprint density at radius 3 is 2.91 bits per heavy atom. The first kappa shape index (κ1) is 15.8. The molecule has 0 aromatic rings. The number of aliphatic hydroxyl groups is 1. The number of cyclic esters (lactones) is 1. The van der Waals surface area contributed by atoms with Gasteiger partial charge in [0.1, 0.15) is 6.10 Å². The van der Waals surface area contributed by atoms with Crippen LogP contribution in [0.5, 0.6) is 0 Å². The van der Waals surface area contributed by atoms with Crippen LogP contribution in [0.3, 0.4) is 0 Å². The van der Waals surface area contributed by atoms with E-state index in [-0.39, 0.29) is 24.1 Å². The molecule has 1 aliphatic heterocycles. The molecule has 0 amide bonds. The number of esters is 1. The monoisotopic (exact) mass is 304 g/mol. The van der Waals surface area contributed by atoms with Crippen molar-refractivity contribution in [2.45, 2.75) is 64.6 Å². The maximum Gasteiger partial charge on any atom is 0.306 e. The van der Waals surface area contributed by atoms with Gasteiger partial charge >= 0.3 is 5.97 Å². The number of hydrogen-bond donors (Lipinski definition) is 1. The van der Waals surface area contributed by atoms with E-state index in [4.69, 9.17) is 4.74 Å². The van der Waals surface area contributed by atoms with Gasteiger partial charge in [-0.25, -0.2) is 0 Å². The van der Waals surface area contributed by atoms with Gasteiger partial charge in [0.2, 0.25) is 0 Å². The van der Waals surface area contributed by atoms with E-state index >= 15 is 0 Å². The van der Waals surface area contributed by atoms with Crippen LogP contribution in [-0.2, 0) is 9.53 Å². The molecule has 1 fully saturated rings. The zero-order chi connectivity index (χ0) is 15.7. The molecule has 1 unspecified atom stereocenters. The molecule has 0 saturated carbocycles. The topological polar surface area (TPSA) is 46.5 Å². The van der Waals surface area contributed by atoms with Gasteiger partial charge < -0.3 is 9.84 Å². The molecule has 0 radical (unpaired) electrons. The summed E-state index contributed by atoms with van der Waals surface area (Å²) in [5.74, 6) is 1.61. The quantitative estimate of drug-likeness (QED) is 0.810. The lowest BCUT2D eigenvalue weighted by molar-refractivity contribution is -0.154. The van der Waals surface area contributed by atoms with Gasteiger partial charge in [0.05, 0.1) is 6.10 Å². The van der Waals surface area contributed by atoms with Crippen LogP contribution in [0.1, 0.15) is 52.4 Å². The van der Waals surface area contributed by atoms with E-state index in [2.05, 4.69) is 32.1 Å². The van der Waals surface area contributed by atoms with Crippen LogP contribution in [0, 0.1) is 23.7 Å². The molecule has 1 N–H and O–H groups in total. The summed E-state index contributed by atoms with van der Waals surface area (Å²) in [6.07, 6.45) is 12.0. The van der Waals surface area contributed by atoms with Gasteiger partial charge in [-0.1, -0.05) is 32.1 Å². The summed E-state index contributed by atoms with van der Waals surface area (Å²) < 4.78 is 5.46. The number of carbonyl (C=O) groups excluding carboxylic acids is 1. The van der Waals surface area contributed by atoms with Gasteiger partial charge in [-0.05, 0) is 55.4 Å². The van der Waals surface area contributed by atoms with Gasteiger partial charge in [0.25, 0.3) is 0 Å². The van der Waals surface area contributed by atoms with E-state index in [9.17, 15) is 9.90 Å². The molecule has 0 spiro atoms. The zero-order valence-electron chi connectivity index (χ0n) is 13.7. The number of carbonyl (C=O) groups is 1. The minimum atomic E-state index is -0.235. The molecule has 0 aromatic heterocycles. The summed E-state index contributed by atoms with van der Waals surface area (Å²) in [6.45, 7) is 4.42. The number of allylic oxidation sites excluding steroid dienone is 3. The van der Waals surface area contributed by atoms with Crippen molar-refractivity contribution in [3.8, 4) is 0 Å². The van der Waals surface area contributed by atoms with Gasteiger partial charge in [0, 0.05) is 12.3 Å². The highest BCUT2D eigenvalue weighted by molar-refractivity contribution is 5.70. The number of aliphatic hydroxyl groups excluding tert-OH is 1. The normalized spacial score (nSPS) is 41.6. The van der Waals surface area contributed by atoms with Crippen molar-refractivity contribution in [3.05, 3.63) is 23.8 Å². The Labute approximate surface area is 133 Å². The van der Waals surface area contributed by atoms with Crippen LogP contribution in [-0.4, -0.2) is 23.3 Å². The average molecular weight is 304 g/mol. The third-order valence-corrected chi connectivity index (χ3v) is 5.65. The lowest BCUT2D eigenvalue weighted by Crippen LogP contribution is -2.38. The SMILES string of the molecule is C[C@H]1C=C2C=C[C@H](C)[C@H](CCC3CCCC(=O)O3)[C@H]2[C@@H](O)C1. The second-order valence-electron chi connectivity index (χ2n) is 7.44. The maximum atomic E-state index is 11.4. The van der Waals surface area contributed by atoms with Gasteiger partial charge in [-0.2, -0.15) is 0 Å². The summed E-state index contributed by atoms with van der Waals surface area (Å²) >= 11 is 0. The van der Waals surface area contributed by atoms with Crippen molar-refractivity contribution < 1.29 is 14.6 Å². The number of rotatable bonds is 3. The van der Waals surface area contributed by atoms with E-state index in [0.717, 1.165) is 32.1 Å². The first-order valence-corrected chi connectivity index (χ1v) is 8.82. The largest absolute Gasteiger partial charge is 0.462 e. The molecule has 1 saturated heterocycles. The predicted molar refractivity (Wildman–Crippen MR) is 86.1 cm³/mol. The highest BCUT2D eigenvalue weighted by atomic mass is 16.5. The molecule has 2 aliphatic carbocycles. The van der Waals surface area contributed by atoms with Gasteiger partial charge in [0.15, 0.2) is 0 Å². The highest BCUT2D eigenvalue weighted by Gasteiger charge is 2.38. The van der Waals surface area contributed by atoms with E-state index in [0.29, 0.717) is 24.2 Å². The van der Waals surface area contributed by atoms with Crippen molar-refractivity contribution in [3.63, 3.8) is 0 Å². The average Bonchev–Trinajstić information content (AvgIpc) is 2.46. The van der Waals surface area contributed by atoms with Crippen LogP contribution in [0.15, 0.2) is 23.8 Å². The summed E-state index contributed by atoms with van der Waals surface area (Å²) in [5.41, 5.74) is 1.31. The smallest absolute Gasteiger partial charge is 0.306 e. The fourth-order valence-electron chi connectivity index (χ4n) is 4.49. The molecule has 22 heavy (non-hydrogen) atoms. The maximum absolute atomic E-state index is 11.4. The standard InChI is InChI=1S/C19H28O3/c1-12-10-14-7-6-13(2)16(19(14)17(20)11-12)9-8-15-4-3-5-18(21)22-15/h6-7,10,12-13,15-17,19-20H,3-5,8-9,11H2,1-2H3/t12-,13-,15?,16-,17-,19-/m0/s1. The molecule has 1 heterocycles. The summed E-state index contributed by atoms with van der Waals surface area (Å²) in [7, 11) is 0. The second kappa shape index (κ2) is 6.57. The van der Waals surface area contributed by atoms with Crippen molar-refractivity contribution in [1.29, 1.82) is 0 Å². The fourth-order valence-corrected chi connectivity index (χ4v) is 4.49. The molecular formula is C19H28O3. The van der Waals surface area contributed by atoms with Crippen LogP contribution in [0.2, 0.25) is 0 Å².